The highest BCUT2D eigenvalue weighted by molar-refractivity contribution is 7.92. The smallest absolute Gasteiger partial charge is 0.229 e. The molecule has 2 aromatic rings. The van der Waals surface area contributed by atoms with Crippen molar-refractivity contribution in [3.8, 4) is 5.75 Å². The lowest BCUT2D eigenvalue weighted by atomic mass is 9.84. The van der Waals surface area contributed by atoms with Crippen molar-refractivity contribution in [1.82, 2.24) is 5.32 Å². The summed E-state index contributed by atoms with van der Waals surface area (Å²) in [7, 11) is -3.41. The van der Waals surface area contributed by atoms with Gasteiger partial charge >= 0.3 is 0 Å². The predicted octanol–water partition coefficient (Wildman–Crippen LogP) is 2.32. The Kier molecular flexibility index (Phi) is 6.41. The number of sulfonamides is 1. The first kappa shape index (κ1) is 22.6. The average Bonchev–Trinajstić information content (AvgIpc) is 3.10. The minimum Gasteiger partial charge on any atom is -0.487 e. The molecule has 1 saturated heterocycles. The van der Waals surface area contributed by atoms with Crippen LogP contribution in [0.3, 0.4) is 0 Å². The summed E-state index contributed by atoms with van der Waals surface area (Å²) in [6.07, 6.45) is 0.443. The van der Waals surface area contributed by atoms with E-state index in [4.69, 9.17) is 9.47 Å². The van der Waals surface area contributed by atoms with Crippen molar-refractivity contribution in [1.29, 1.82) is 0 Å². The van der Waals surface area contributed by atoms with Crippen LogP contribution in [-0.2, 0) is 19.6 Å². The third kappa shape index (κ3) is 5.06. The molecule has 172 valence electrons. The molecule has 2 aliphatic heterocycles. The summed E-state index contributed by atoms with van der Waals surface area (Å²) < 4.78 is 37.7. The van der Waals surface area contributed by atoms with Crippen molar-refractivity contribution in [2.24, 2.45) is 0 Å². The summed E-state index contributed by atoms with van der Waals surface area (Å²) >= 11 is 0. The number of nitrogens with one attached hydrogen (secondary N) is 2. The fourth-order valence-corrected chi connectivity index (χ4v) is 5.05. The van der Waals surface area contributed by atoms with Crippen molar-refractivity contribution < 1.29 is 27.8 Å². The summed E-state index contributed by atoms with van der Waals surface area (Å²) in [5.41, 5.74) is 2.32. The van der Waals surface area contributed by atoms with Gasteiger partial charge in [0, 0.05) is 17.2 Å². The third-order valence-corrected chi connectivity index (χ3v) is 6.50. The van der Waals surface area contributed by atoms with E-state index in [-0.39, 0.29) is 37.0 Å². The van der Waals surface area contributed by atoms with Crippen molar-refractivity contribution in [2.75, 3.05) is 17.6 Å². The molecule has 2 aliphatic rings. The standard InChI is InChI=1S/C23H28N2O6S/c1-14(15-6-4-3-5-7-15)24-22(27)12-17-11-19-18-10-16(25-32(2,28)29)8-9-20(18)31-23(19)21(13-26)30-17/h3-10,14,17,19,21,23,25-26H,11-13H2,1-2H3,(H,24,27)/t14-,17-,19+,21+,23-/m1/s1. The highest BCUT2D eigenvalue weighted by Gasteiger charge is 2.46. The van der Waals surface area contributed by atoms with E-state index in [1.54, 1.807) is 18.2 Å². The Morgan fingerprint density at radius 2 is 1.97 bits per heavy atom. The number of amides is 1. The largest absolute Gasteiger partial charge is 0.487 e. The molecular weight excluding hydrogens is 432 g/mol. The maximum Gasteiger partial charge on any atom is 0.229 e. The van der Waals surface area contributed by atoms with Crippen LogP contribution in [0.15, 0.2) is 48.5 Å². The molecule has 0 unspecified atom stereocenters. The van der Waals surface area contributed by atoms with Gasteiger partial charge in [0.15, 0.2) is 0 Å². The first-order valence-corrected chi connectivity index (χ1v) is 12.5. The Bertz CT molecular complexity index is 1080. The molecule has 32 heavy (non-hydrogen) atoms. The summed E-state index contributed by atoms with van der Waals surface area (Å²) in [6, 6.07) is 14.7. The molecule has 9 heteroatoms. The van der Waals surface area contributed by atoms with E-state index in [9.17, 15) is 18.3 Å². The van der Waals surface area contributed by atoms with Crippen molar-refractivity contribution >= 4 is 21.6 Å². The molecule has 0 aliphatic carbocycles. The second-order valence-electron chi connectivity index (χ2n) is 8.43. The number of fused-ring (bicyclic) bond motifs is 3. The van der Waals surface area contributed by atoms with Gasteiger partial charge in [0.2, 0.25) is 15.9 Å². The number of anilines is 1. The summed E-state index contributed by atoms with van der Waals surface area (Å²) in [5.74, 6) is 0.401. The van der Waals surface area contributed by atoms with E-state index in [0.29, 0.717) is 17.9 Å². The molecule has 0 bridgehead atoms. The molecule has 4 rings (SSSR count). The lowest BCUT2D eigenvalue weighted by molar-refractivity contribution is -0.142. The maximum absolute atomic E-state index is 12.7. The summed E-state index contributed by atoms with van der Waals surface area (Å²) in [5, 5.41) is 12.9. The van der Waals surface area contributed by atoms with E-state index in [0.717, 1.165) is 17.4 Å². The van der Waals surface area contributed by atoms with Gasteiger partial charge in [-0.2, -0.15) is 0 Å². The molecule has 2 aromatic carbocycles. The Balaban J connectivity index is 1.47. The fraction of sp³-hybridized carbons (Fsp3) is 0.435. The predicted molar refractivity (Wildman–Crippen MR) is 120 cm³/mol. The molecule has 0 saturated carbocycles. The molecule has 0 radical (unpaired) electrons. The fourth-order valence-electron chi connectivity index (χ4n) is 4.50. The van der Waals surface area contributed by atoms with Crippen LogP contribution in [0.1, 0.15) is 42.9 Å². The van der Waals surface area contributed by atoms with Crippen LogP contribution in [0.2, 0.25) is 0 Å². The van der Waals surface area contributed by atoms with Gasteiger partial charge in [-0.1, -0.05) is 30.3 Å². The molecule has 5 atom stereocenters. The number of aliphatic hydroxyl groups is 1. The van der Waals surface area contributed by atoms with Crippen LogP contribution < -0.4 is 14.8 Å². The lowest BCUT2D eigenvalue weighted by Crippen LogP contribution is -2.47. The number of aliphatic hydroxyl groups excluding tert-OH is 1. The van der Waals surface area contributed by atoms with E-state index < -0.39 is 22.2 Å². The molecule has 1 fully saturated rings. The number of hydrogen-bond donors (Lipinski definition) is 3. The maximum atomic E-state index is 12.7. The van der Waals surface area contributed by atoms with Gasteiger partial charge in [-0.3, -0.25) is 9.52 Å². The zero-order valence-corrected chi connectivity index (χ0v) is 18.8. The molecule has 1 amide bonds. The van der Waals surface area contributed by atoms with Gasteiger partial charge in [-0.25, -0.2) is 8.42 Å². The number of rotatable bonds is 7. The van der Waals surface area contributed by atoms with Gasteiger partial charge in [0.25, 0.3) is 0 Å². The van der Waals surface area contributed by atoms with E-state index in [1.807, 2.05) is 37.3 Å². The van der Waals surface area contributed by atoms with Gasteiger partial charge < -0.3 is 19.9 Å². The summed E-state index contributed by atoms with van der Waals surface area (Å²) in [6.45, 7) is 1.70. The second kappa shape index (κ2) is 9.09. The van der Waals surface area contributed by atoms with E-state index in [2.05, 4.69) is 10.0 Å². The normalized spacial score (nSPS) is 25.2. The summed E-state index contributed by atoms with van der Waals surface area (Å²) in [4.78, 5) is 12.7. The first-order valence-electron chi connectivity index (χ1n) is 10.6. The third-order valence-electron chi connectivity index (χ3n) is 5.89. The minimum atomic E-state index is -3.41. The van der Waals surface area contributed by atoms with Crippen molar-refractivity contribution in [2.45, 2.75) is 50.0 Å². The van der Waals surface area contributed by atoms with Crippen molar-refractivity contribution in [3.63, 3.8) is 0 Å². The van der Waals surface area contributed by atoms with Gasteiger partial charge in [0.1, 0.15) is 18.0 Å². The molecular formula is C23H28N2O6S. The average molecular weight is 461 g/mol. The van der Waals surface area contributed by atoms with E-state index >= 15 is 0 Å². The molecule has 0 aromatic heterocycles. The molecule has 0 spiro atoms. The lowest BCUT2D eigenvalue weighted by Gasteiger charge is -2.37. The van der Waals surface area contributed by atoms with Gasteiger partial charge in [0.05, 0.1) is 31.4 Å². The Hall–Kier alpha value is -2.62. The van der Waals surface area contributed by atoms with Crippen LogP contribution in [0.25, 0.3) is 0 Å². The highest BCUT2D eigenvalue weighted by atomic mass is 32.2. The number of carbonyl (C=O) groups excluding carboxylic acids is 1. The molecule has 2 heterocycles. The zero-order chi connectivity index (χ0) is 22.9. The second-order valence-corrected chi connectivity index (χ2v) is 10.2. The topological polar surface area (TPSA) is 114 Å². The number of benzene rings is 2. The Labute approximate surface area is 188 Å². The molecule has 8 nitrogen and oxygen atoms in total. The van der Waals surface area contributed by atoms with Gasteiger partial charge in [-0.05, 0) is 37.1 Å². The monoisotopic (exact) mass is 460 g/mol. The van der Waals surface area contributed by atoms with E-state index in [1.165, 1.54) is 0 Å². The van der Waals surface area contributed by atoms with Gasteiger partial charge in [-0.15, -0.1) is 0 Å². The zero-order valence-electron chi connectivity index (χ0n) is 18.0. The Morgan fingerprint density at radius 3 is 2.66 bits per heavy atom. The number of ether oxygens (including phenoxy) is 2. The van der Waals surface area contributed by atoms with Crippen LogP contribution >= 0.6 is 0 Å². The Morgan fingerprint density at radius 1 is 1.22 bits per heavy atom. The number of carbonyl (C=O) groups is 1. The number of hydrogen-bond acceptors (Lipinski definition) is 6. The molecule has 3 N–H and O–H groups in total. The highest BCUT2D eigenvalue weighted by Crippen LogP contribution is 2.47. The quantitative estimate of drug-likeness (QED) is 0.584. The minimum absolute atomic E-state index is 0.110. The first-order chi connectivity index (χ1) is 15.2. The van der Waals surface area contributed by atoms with Crippen LogP contribution in [0.4, 0.5) is 5.69 Å². The van der Waals surface area contributed by atoms with Crippen molar-refractivity contribution in [3.05, 3.63) is 59.7 Å². The van der Waals surface area contributed by atoms with Crippen LogP contribution in [0, 0.1) is 0 Å². The van der Waals surface area contributed by atoms with Crippen LogP contribution in [-0.4, -0.2) is 50.6 Å². The van der Waals surface area contributed by atoms with Crippen LogP contribution in [0.5, 0.6) is 5.75 Å². The SMILES string of the molecule is C[C@@H](NC(=O)C[C@H]1C[C@H]2c3cc(NS(C)(=O)=O)ccc3O[C@H]2[C@H](CO)O1)c1ccccc1.